The van der Waals surface area contributed by atoms with Gasteiger partial charge < -0.3 is 9.80 Å². The molecular formula is C26H36N2. The molecule has 0 amide bonds. The summed E-state index contributed by atoms with van der Waals surface area (Å²) < 4.78 is 0. The quantitative estimate of drug-likeness (QED) is 0.519. The number of anilines is 2. The Morgan fingerprint density at radius 2 is 1.11 bits per heavy atom. The lowest BCUT2D eigenvalue weighted by atomic mass is 9.92. The highest BCUT2D eigenvalue weighted by Gasteiger charge is 2.25. The van der Waals surface area contributed by atoms with E-state index in [9.17, 15) is 0 Å². The summed E-state index contributed by atoms with van der Waals surface area (Å²) in [6.45, 7) is 16.9. The highest BCUT2D eigenvalue weighted by molar-refractivity contribution is 5.70. The third kappa shape index (κ3) is 3.83. The lowest BCUT2D eigenvalue weighted by Crippen LogP contribution is -2.28. The Hall–Kier alpha value is -2.22. The van der Waals surface area contributed by atoms with Crippen molar-refractivity contribution in [2.45, 2.75) is 72.6 Å². The van der Waals surface area contributed by atoms with Gasteiger partial charge in [-0.1, -0.05) is 84.9 Å². The van der Waals surface area contributed by atoms with Gasteiger partial charge in [0.05, 0.1) is 6.67 Å². The number of benzene rings is 2. The van der Waals surface area contributed by atoms with Crippen LogP contribution in [0.1, 0.15) is 88.5 Å². The smallest absolute Gasteiger partial charge is 0.0989 e. The molecule has 0 fully saturated rings. The van der Waals surface area contributed by atoms with E-state index in [1.165, 1.54) is 33.6 Å². The van der Waals surface area contributed by atoms with Crippen molar-refractivity contribution in [3.05, 3.63) is 71.1 Å². The molecule has 0 saturated carbocycles. The Morgan fingerprint density at radius 3 is 1.57 bits per heavy atom. The summed E-state index contributed by atoms with van der Waals surface area (Å²) in [5, 5.41) is 0. The molecule has 0 aliphatic carbocycles. The van der Waals surface area contributed by atoms with E-state index in [4.69, 9.17) is 0 Å². The maximum atomic E-state index is 2.45. The summed E-state index contributed by atoms with van der Waals surface area (Å²) >= 11 is 0. The summed E-state index contributed by atoms with van der Waals surface area (Å²) in [6, 6.07) is 13.6. The average molecular weight is 377 g/mol. The Kier molecular flexibility index (Phi) is 6.17. The van der Waals surface area contributed by atoms with Crippen molar-refractivity contribution in [1.29, 1.82) is 0 Å². The van der Waals surface area contributed by atoms with Gasteiger partial charge in [-0.3, -0.25) is 0 Å². The van der Waals surface area contributed by atoms with Gasteiger partial charge in [-0.25, -0.2) is 0 Å². The summed E-state index contributed by atoms with van der Waals surface area (Å²) in [7, 11) is 0. The summed E-state index contributed by atoms with van der Waals surface area (Å²) in [6.07, 6.45) is 5.59. The van der Waals surface area contributed by atoms with Crippen molar-refractivity contribution >= 4 is 11.4 Å². The van der Waals surface area contributed by atoms with Gasteiger partial charge in [0.25, 0.3) is 0 Å². The second kappa shape index (κ2) is 8.43. The molecule has 0 bridgehead atoms. The molecule has 0 aromatic heterocycles. The first-order chi connectivity index (χ1) is 13.3. The molecule has 1 aliphatic rings. The summed E-state index contributed by atoms with van der Waals surface area (Å²) in [5.41, 5.74) is 8.53. The van der Waals surface area contributed by atoms with Crippen LogP contribution >= 0.6 is 0 Å². The number of para-hydroxylation sites is 2. The van der Waals surface area contributed by atoms with Crippen LogP contribution in [0.25, 0.3) is 0 Å². The van der Waals surface area contributed by atoms with Crippen molar-refractivity contribution in [1.82, 2.24) is 0 Å². The number of hydrogen-bond donors (Lipinski definition) is 0. The minimum Gasteiger partial charge on any atom is -0.327 e. The normalized spacial score (nSPS) is 14.2. The molecule has 2 nitrogen and oxygen atoms in total. The number of rotatable bonds is 6. The van der Waals surface area contributed by atoms with Crippen molar-refractivity contribution in [3.63, 3.8) is 0 Å². The average Bonchev–Trinajstić information content (AvgIpc) is 3.15. The van der Waals surface area contributed by atoms with Crippen LogP contribution in [0.2, 0.25) is 0 Å². The SMILES string of the molecule is CCc1cccc(C(C)C)c1N1C=CN(c2c(C(C)C)cccc2C(C)C)C1. The zero-order valence-electron chi connectivity index (χ0n) is 18.7. The molecule has 1 aliphatic heterocycles. The van der Waals surface area contributed by atoms with Crippen LogP contribution in [-0.2, 0) is 6.42 Å². The molecule has 28 heavy (non-hydrogen) atoms. The molecule has 3 rings (SSSR count). The van der Waals surface area contributed by atoms with Crippen molar-refractivity contribution in [3.8, 4) is 0 Å². The lowest BCUT2D eigenvalue weighted by Gasteiger charge is -2.30. The van der Waals surface area contributed by atoms with Crippen LogP contribution in [0.3, 0.4) is 0 Å². The molecule has 0 N–H and O–H groups in total. The van der Waals surface area contributed by atoms with Crippen LogP contribution in [-0.4, -0.2) is 6.67 Å². The first-order valence-corrected chi connectivity index (χ1v) is 10.8. The fourth-order valence-electron chi connectivity index (χ4n) is 4.27. The molecule has 2 aromatic carbocycles. The molecule has 0 saturated heterocycles. The third-order valence-corrected chi connectivity index (χ3v) is 5.80. The van der Waals surface area contributed by atoms with Gasteiger partial charge in [-0.15, -0.1) is 0 Å². The Balaban J connectivity index is 2.03. The molecule has 0 atom stereocenters. The van der Waals surface area contributed by atoms with Crippen LogP contribution in [0, 0.1) is 0 Å². The number of hydrogen-bond acceptors (Lipinski definition) is 2. The second-order valence-corrected chi connectivity index (χ2v) is 8.84. The topological polar surface area (TPSA) is 6.48 Å². The minimum atomic E-state index is 0.505. The van der Waals surface area contributed by atoms with Crippen LogP contribution < -0.4 is 9.80 Å². The zero-order valence-corrected chi connectivity index (χ0v) is 18.7. The zero-order chi connectivity index (χ0) is 20.4. The summed E-state index contributed by atoms with van der Waals surface area (Å²) in [5.74, 6) is 1.52. The van der Waals surface area contributed by atoms with E-state index >= 15 is 0 Å². The molecule has 1 heterocycles. The van der Waals surface area contributed by atoms with Gasteiger partial charge in [0, 0.05) is 23.8 Å². The summed E-state index contributed by atoms with van der Waals surface area (Å²) in [4.78, 5) is 4.89. The standard InChI is InChI=1S/C26H36N2/c1-8-21-11-9-12-22(18(2)3)25(21)27-15-16-28(17-27)26-23(19(4)5)13-10-14-24(26)20(6)7/h9-16,18-20H,8,17H2,1-7H3. The highest BCUT2D eigenvalue weighted by atomic mass is 15.3. The van der Waals surface area contributed by atoms with E-state index in [1.807, 2.05) is 0 Å². The van der Waals surface area contributed by atoms with Crippen molar-refractivity contribution in [2.24, 2.45) is 0 Å². The molecule has 2 heteroatoms. The van der Waals surface area contributed by atoms with E-state index in [1.54, 1.807) is 0 Å². The third-order valence-electron chi connectivity index (χ3n) is 5.80. The van der Waals surface area contributed by atoms with Crippen LogP contribution in [0.5, 0.6) is 0 Å². The fourth-order valence-corrected chi connectivity index (χ4v) is 4.27. The van der Waals surface area contributed by atoms with E-state index in [2.05, 4.69) is 107 Å². The van der Waals surface area contributed by atoms with Crippen molar-refractivity contribution in [2.75, 3.05) is 16.5 Å². The maximum absolute atomic E-state index is 2.45. The molecule has 0 unspecified atom stereocenters. The monoisotopic (exact) mass is 376 g/mol. The lowest BCUT2D eigenvalue weighted by molar-refractivity contribution is 0.812. The minimum absolute atomic E-state index is 0.505. The number of nitrogens with zero attached hydrogens (tertiary/aromatic N) is 2. The van der Waals surface area contributed by atoms with E-state index in [0.29, 0.717) is 17.8 Å². The molecular weight excluding hydrogens is 340 g/mol. The van der Waals surface area contributed by atoms with E-state index in [-0.39, 0.29) is 0 Å². The van der Waals surface area contributed by atoms with Gasteiger partial charge in [0.15, 0.2) is 0 Å². The maximum Gasteiger partial charge on any atom is 0.0989 e. The van der Waals surface area contributed by atoms with E-state index in [0.717, 1.165) is 13.1 Å². The van der Waals surface area contributed by atoms with E-state index < -0.39 is 0 Å². The van der Waals surface area contributed by atoms with Gasteiger partial charge >= 0.3 is 0 Å². The Bertz CT molecular complexity index is 819. The fraction of sp³-hybridized carbons (Fsp3) is 0.462. The van der Waals surface area contributed by atoms with Gasteiger partial charge in [0.2, 0.25) is 0 Å². The van der Waals surface area contributed by atoms with Gasteiger partial charge in [-0.05, 0) is 46.4 Å². The van der Waals surface area contributed by atoms with Gasteiger partial charge in [0.1, 0.15) is 0 Å². The Morgan fingerprint density at radius 1 is 0.679 bits per heavy atom. The van der Waals surface area contributed by atoms with Gasteiger partial charge in [-0.2, -0.15) is 0 Å². The Labute approximate surface area is 171 Å². The first kappa shape index (κ1) is 20.5. The number of aryl methyl sites for hydroxylation is 1. The molecule has 0 spiro atoms. The largest absolute Gasteiger partial charge is 0.327 e. The molecule has 150 valence electrons. The second-order valence-electron chi connectivity index (χ2n) is 8.84. The van der Waals surface area contributed by atoms with Crippen LogP contribution in [0.15, 0.2) is 48.8 Å². The van der Waals surface area contributed by atoms with Crippen LogP contribution in [0.4, 0.5) is 11.4 Å². The molecule has 0 radical (unpaired) electrons. The predicted octanol–water partition coefficient (Wildman–Crippen LogP) is 7.37. The molecule has 2 aromatic rings. The first-order valence-electron chi connectivity index (χ1n) is 10.8. The van der Waals surface area contributed by atoms with Crippen molar-refractivity contribution < 1.29 is 0 Å². The highest BCUT2D eigenvalue weighted by Crippen LogP contribution is 2.39. The predicted molar refractivity (Wildman–Crippen MR) is 123 cm³/mol.